The van der Waals surface area contributed by atoms with Crippen molar-refractivity contribution in [1.82, 2.24) is 19.8 Å². The van der Waals surface area contributed by atoms with E-state index in [-0.39, 0.29) is 28.7 Å². The van der Waals surface area contributed by atoms with Crippen LogP contribution in [-0.2, 0) is 21.1 Å². The Hall–Kier alpha value is -2.43. The molecular weight excluding hydrogens is 410 g/mol. The SMILES string of the molecule is CN1C(=O)N(C23CCN(C(=O)OC(C)(C)C)CC2C3)Cc2cnc(S(C)(=O)=O)nc21. The van der Waals surface area contributed by atoms with Gasteiger partial charge in [0.15, 0.2) is 0 Å². The maximum atomic E-state index is 13.1. The average molecular weight is 438 g/mol. The topological polar surface area (TPSA) is 113 Å². The number of rotatable bonds is 2. The standard InChI is InChI=1S/C19H27N5O5S/c1-18(2,3)29-17(26)23-7-6-19(8-13(19)11-23)24-10-12-9-20-15(30(5,27)28)21-14(12)22(4)16(24)25/h9,13H,6-8,10-11H2,1-5H3. The molecule has 2 fully saturated rings. The van der Waals surface area contributed by atoms with E-state index in [9.17, 15) is 18.0 Å². The summed E-state index contributed by atoms with van der Waals surface area (Å²) in [5.41, 5.74) is -0.133. The van der Waals surface area contributed by atoms with E-state index in [1.165, 1.54) is 11.1 Å². The molecule has 1 saturated carbocycles. The fraction of sp³-hybridized carbons (Fsp3) is 0.684. The maximum Gasteiger partial charge on any atom is 0.410 e. The lowest BCUT2D eigenvalue weighted by atomic mass is 10.0. The fourth-order valence-electron chi connectivity index (χ4n) is 4.37. The van der Waals surface area contributed by atoms with Crippen molar-refractivity contribution in [2.24, 2.45) is 5.92 Å². The Labute approximate surface area is 176 Å². The van der Waals surface area contributed by atoms with Crippen LogP contribution in [0.3, 0.4) is 0 Å². The highest BCUT2D eigenvalue weighted by Gasteiger charge is 2.63. The van der Waals surface area contributed by atoms with E-state index < -0.39 is 15.4 Å². The summed E-state index contributed by atoms with van der Waals surface area (Å²) in [6, 6.07) is -0.214. The zero-order valence-electron chi connectivity index (χ0n) is 17.9. The number of hydrogen-bond donors (Lipinski definition) is 0. The van der Waals surface area contributed by atoms with Gasteiger partial charge in [0.05, 0.1) is 12.1 Å². The minimum absolute atomic E-state index is 0.189. The maximum absolute atomic E-state index is 13.1. The zero-order chi connectivity index (χ0) is 22.1. The van der Waals surface area contributed by atoms with E-state index in [1.807, 2.05) is 25.7 Å². The molecule has 3 heterocycles. The van der Waals surface area contributed by atoms with E-state index in [0.717, 1.165) is 12.7 Å². The molecule has 0 spiro atoms. The summed E-state index contributed by atoms with van der Waals surface area (Å²) < 4.78 is 29.0. The second kappa shape index (κ2) is 6.53. The Morgan fingerprint density at radius 3 is 2.63 bits per heavy atom. The van der Waals surface area contributed by atoms with Crippen molar-refractivity contribution in [3.8, 4) is 0 Å². The molecule has 0 N–H and O–H groups in total. The van der Waals surface area contributed by atoms with Gasteiger partial charge >= 0.3 is 12.1 Å². The van der Waals surface area contributed by atoms with Gasteiger partial charge in [0.2, 0.25) is 15.0 Å². The monoisotopic (exact) mass is 437 g/mol. The summed E-state index contributed by atoms with van der Waals surface area (Å²) >= 11 is 0. The van der Waals surface area contributed by atoms with Crippen LogP contribution < -0.4 is 4.90 Å². The van der Waals surface area contributed by atoms with Crippen molar-refractivity contribution in [3.63, 3.8) is 0 Å². The molecule has 30 heavy (non-hydrogen) atoms. The summed E-state index contributed by atoms with van der Waals surface area (Å²) in [7, 11) is -1.97. The van der Waals surface area contributed by atoms with Gasteiger partial charge in [-0.05, 0) is 33.6 Å². The summed E-state index contributed by atoms with van der Waals surface area (Å²) in [6.45, 7) is 6.92. The molecule has 1 aromatic heterocycles. The number of amides is 3. The first-order valence-corrected chi connectivity index (χ1v) is 11.8. The number of carbonyl (C=O) groups excluding carboxylic acids is 2. The number of sulfone groups is 1. The smallest absolute Gasteiger partial charge is 0.410 e. The highest BCUT2D eigenvalue weighted by atomic mass is 32.2. The van der Waals surface area contributed by atoms with E-state index >= 15 is 0 Å². The van der Waals surface area contributed by atoms with Crippen LogP contribution in [-0.4, -0.2) is 77.8 Å². The first-order chi connectivity index (χ1) is 13.8. The number of urea groups is 1. The lowest BCUT2D eigenvalue weighted by Gasteiger charge is -2.43. The lowest BCUT2D eigenvalue weighted by Crippen LogP contribution is -2.56. The molecule has 2 unspecified atom stereocenters. The number of ether oxygens (including phenoxy) is 1. The summed E-state index contributed by atoms with van der Waals surface area (Å²) in [5, 5.41) is -0.289. The normalized spacial score (nSPS) is 26.2. The van der Waals surface area contributed by atoms with Crippen molar-refractivity contribution in [1.29, 1.82) is 0 Å². The van der Waals surface area contributed by atoms with Gasteiger partial charge in [-0.3, -0.25) is 4.90 Å². The van der Waals surface area contributed by atoms with Gasteiger partial charge in [0.25, 0.3) is 0 Å². The van der Waals surface area contributed by atoms with Gasteiger partial charge in [-0.15, -0.1) is 0 Å². The Bertz CT molecular complexity index is 1020. The van der Waals surface area contributed by atoms with Crippen molar-refractivity contribution >= 4 is 27.8 Å². The van der Waals surface area contributed by atoms with Crippen LogP contribution in [0, 0.1) is 5.92 Å². The van der Waals surface area contributed by atoms with Crippen LogP contribution in [0.1, 0.15) is 39.2 Å². The number of likely N-dealkylation sites (tertiary alicyclic amines) is 1. The Balaban J connectivity index is 1.52. The highest BCUT2D eigenvalue weighted by molar-refractivity contribution is 7.90. The Morgan fingerprint density at radius 2 is 2.03 bits per heavy atom. The van der Waals surface area contributed by atoms with Crippen LogP contribution in [0.5, 0.6) is 0 Å². The molecule has 3 aliphatic rings. The average Bonchev–Trinajstić information content (AvgIpc) is 3.36. The van der Waals surface area contributed by atoms with Crippen molar-refractivity contribution in [2.75, 3.05) is 31.3 Å². The number of aromatic nitrogens is 2. The third kappa shape index (κ3) is 3.48. The van der Waals surface area contributed by atoms with Gasteiger partial charge in [-0.25, -0.2) is 28.0 Å². The van der Waals surface area contributed by atoms with Crippen LogP contribution in [0.25, 0.3) is 0 Å². The van der Waals surface area contributed by atoms with Crippen molar-refractivity contribution in [3.05, 3.63) is 11.8 Å². The molecule has 0 radical (unpaired) electrons. The molecule has 0 bridgehead atoms. The molecule has 1 aromatic rings. The second-order valence-corrected chi connectivity index (χ2v) is 11.3. The minimum atomic E-state index is -3.57. The van der Waals surface area contributed by atoms with Crippen molar-refractivity contribution < 1.29 is 22.7 Å². The first kappa shape index (κ1) is 20.8. The minimum Gasteiger partial charge on any atom is -0.444 e. The summed E-state index contributed by atoms with van der Waals surface area (Å²) in [4.78, 5) is 38.5. The number of piperidine rings is 1. The fourth-order valence-corrected chi connectivity index (χ4v) is 4.87. The zero-order valence-corrected chi connectivity index (χ0v) is 18.7. The molecular formula is C19H27N5O5S. The van der Waals surface area contributed by atoms with E-state index in [0.29, 0.717) is 37.4 Å². The predicted octanol–water partition coefficient (Wildman–Crippen LogP) is 1.65. The van der Waals surface area contributed by atoms with Crippen LogP contribution >= 0.6 is 0 Å². The Morgan fingerprint density at radius 1 is 1.33 bits per heavy atom. The van der Waals surface area contributed by atoms with Gasteiger partial charge in [0.1, 0.15) is 11.4 Å². The second-order valence-electron chi connectivity index (χ2n) is 9.38. The molecule has 1 saturated heterocycles. The quantitative estimate of drug-likeness (QED) is 0.647. The number of nitrogens with zero attached hydrogens (tertiary/aromatic N) is 5. The highest BCUT2D eigenvalue weighted by Crippen LogP contribution is 2.55. The number of carbonyl (C=O) groups is 2. The van der Waals surface area contributed by atoms with Crippen LogP contribution in [0.4, 0.5) is 15.4 Å². The summed E-state index contributed by atoms with van der Waals surface area (Å²) in [6.07, 6.45) is 3.70. The molecule has 3 amide bonds. The third-order valence-electron chi connectivity index (χ3n) is 5.96. The van der Waals surface area contributed by atoms with Gasteiger partial charge < -0.3 is 14.5 Å². The van der Waals surface area contributed by atoms with Crippen LogP contribution in [0.15, 0.2) is 11.4 Å². The first-order valence-electron chi connectivity index (χ1n) is 9.91. The third-order valence-corrected chi connectivity index (χ3v) is 6.82. The van der Waals surface area contributed by atoms with E-state index in [4.69, 9.17) is 4.74 Å². The molecule has 0 aromatic carbocycles. The van der Waals surface area contributed by atoms with E-state index in [2.05, 4.69) is 9.97 Å². The number of anilines is 1. The lowest BCUT2D eigenvalue weighted by molar-refractivity contribution is 0.0152. The summed E-state index contributed by atoms with van der Waals surface area (Å²) in [5.74, 6) is 0.514. The van der Waals surface area contributed by atoms with Gasteiger partial charge in [-0.1, -0.05) is 0 Å². The molecule has 2 aliphatic heterocycles. The molecule has 164 valence electrons. The number of fused-ring (bicyclic) bond motifs is 2. The Kier molecular flexibility index (Phi) is 4.53. The van der Waals surface area contributed by atoms with Gasteiger partial charge in [0, 0.05) is 44.1 Å². The molecule has 4 rings (SSSR count). The molecule has 10 nitrogen and oxygen atoms in total. The van der Waals surface area contributed by atoms with E-state index in [1.54, 1.807) is 11.9 Å². The largest absolute Gasteiger partial charge is 0.444 e. The number of hydrogen-bond acceptors (Lipinski definition) is 7. The molecule has 11 heteroatoms. The molecule has 2 atom stereocenters. The van der Waals surface area contributed by atoms with Crippen molar-refractivity contribution in [2.45, 2.75) is 56.5 Å². The van der Waals surface area contributed by atoms with Crippen LogP contribution in [0.2, 0.25) is 0 Å². The molecule has 1 aliphatic carbocycles. The van der Waals surface area contributed by atoms with Gasteiger partial charge in [-0.2, -0.15) is 0 Å². The predicted molar refractivity (Wildman–Crippen MR) is 108 cm³/mol.